The van der Waals surface area contributed by atoms with Gasteiger partial charge in [0.25, 0.3) is 0 Å². The summed E-state index contributed by atoms with van der Waals surface area (Å²) in [7, 11) is 0. The standard InChI is InChI=1S/C7H10O3.C3H6O/c1-5-4-6(8)10-7(2,3)9-5;1-3(2)4/h4H,1-3H3;4H,1H2,2H3/p-1. The Kier molecular flexibility index (Phi) is 4.21. The summed E-state index contributed by atoms with van der Waals surface area (Å²) >= 11 is 0. The number of esters is 1. The lowest BCUT2D eigenvalue weighted by molar-refractivity contribution is -0.300. The molecule has 1 heterocycles. The van der Waals surface area contributed by atoms with E-state index in [1.165, 1.54) is 13.0 Å². The fourth-order valence-electron chi connectivity index (χ4n) is 0.876. The van der Waals surface area contributed by atoms with Crippen LogP contribution in [0.5, 0.6) is 0 Å². The van der Waals surface area contributed by atoms with Crippen molar-refractivity contribution in [1.29, 1.82) is 0 Å². The highest BCUT2D eigenvalue weighted by Crippen LogP contribution is 2.20. The molecular weight excluding hydrogens is 184 g/mol. The van der Waals surface area contributed by atoms with Crippen LogP contribution >= 0.6 is 0 Å². The van der Waals surface area contributed by atoms with Crippen LogP contribution in [0.2, 0.25) is 0 Å². The normalized spacial score (nSPS) is 18.0. The van der Waals surface area contributed by atoms with Gasteiger partial charge in [0.1, 0.15) is 5.76 Å². The summed E-state index contributed by atoms with van der Waals surface area (Å²) in [6, 6.07) is 0. The smallest absolute Gasteiger partial charge is 0.337 e. The Morgan fingerprint density at radius 2 is 1.93 bits per heavy atom. The molecule has 0 unspecified atom stereocenters. The number of hydrogen-bond donors (Lipinski definition) is 0. The summed E-state index contributed by atoms with van der Waals surface area (Å²) in [5.41, 5.74) is 0. The maximum atomic E-state index is 10.7. The molecule has 80 valence electrons. The molecule has 14 heavy (non-hydrogen) atoms. The molecule has 4 nitrogen and oxygen atoms in total. The average molecular weight is 199 g/mol. The predicted molar refractivity (Wildman–Crippen MR) is 49.8 cm³/mol. The molecule has 0 fully saturated rings. The Hall–Kier alpha value is -1.45. The van der Waals surface area contributed by atoms with Crippen LogP contribution < -0.4 is 5.11 Å². The first kappa shape index (κ1) is 12.6. The van der Waals surface area contributed by atoms with Crippen LogP contribution in [0.1, 0.15) is 27.7 Å². The predicted octanol–water partition coefficient (Wildman–Crippen LogP) is 1.08. The van der Waals surface area contributed by atoms with Crippen molar-refractivity contribution in [3.05, 3.63) is 24.2 Å². The molecular formula is C10H15O4-. The highest BCUT2D eigenvalue weighted by atomic mass is 16.7. The van der Waals surface area contributed by atoms with E-state index in [0.717, 1.165) is 0 Å². The van der Waals surface area contributed by atoms with E-state index in [4.69, 9.17) is 9.47 Å². The van der Waals surface area contributed by atoms with Crippen molar-refractivity contribution in [3.63, 3.8) is 0 Å². The van der Waals surface area contributed by atoms with Gasteiger partial charge >= 0.3 is 5.97 Å². The Balaban J connectivity index is 0.000000364. The molecule has 0 aliphatic carbocycles. The molecule has 1 rings (SSSR count). The third-order valence-corrected chi connectivity index (χ3v) is 1.07. The van der Waals surface area contributed by atoms with E-state index in [0.29, 0.717) is 5.76 Å². The lowest BCUT2D eigenvalue weighted by atomic mass is 10.3. The summed E-state index contributed by atoms with van der Waals surface area (Å²) in [4.78, 5) is 10.7. The first-order chi connectivity index (χ1) is 6.23. The van der Waals surface area contributed by atoms with E-state index in [-0.39, 0.29) is 11.7 Å². The van der Waals surface area contributed by atoms with Crippen molar-refractivity contribution < 1.29 is 19.4 Å². The number of allylic oxidation sites excluding steroid dienone is 2. The number of cyclic esters (lactones) is 1. The summed E-state index contributed by atoms with van der Waals surface area (Å²) in [6.45, 7) is 9.53. The fraction of sp³-hybridized carbons (Fsp3) is 0.500. The maximum Gasteiger partial charge on any atom is 0.337 e. The second kappa shape index (κ2) is 4.69. The van der Waals surface area contributed by atoms with E-state index < -0.39 is 5.79 Å². The fourth-order valence-corrected chi connectivity index (χ4v) is 0.876. The summed E-state index contributed by atoms with van der Waals surface area (Å²) < 4.78 is 9.97. The van der Waals surface area contributed by atoms with Gasteiger partial charge in [-0.25, -0.2) is 4.79 Å². The topological polar surface area (TPSA) is 58.6 Å². The van der Waals surface area contributed by atoms with Gasteiger partial charge < -0.3 is 14.6 Å². The molecule has 1 aliphatic heterocycles. The lowest BCUT2D eigenvalue weighted by Crippen LogP contribution is -2.33. The average Bonchev–Trinajstić information content (AvgIpc) is 1.76. The van der Waals surface area contributed by atoms with Gasteiger partial charge in [-0.1, -0.05) is 6.92 Å². The van der Waals surface area contributed by atoms with Crippen molar-refractivity contribution in [1.82, 2.24) is 0 Å². The van der Waals surface area contributed by atoms with E-state index in [9.17, 15) is 9.90 Å². The molecule has 0 amide bonds. The molecule has 0 saturated carbocycles. The van der Waals surface area contributed by atoms with E-state index in [1.54, 1.807) is 20.8 Å². The van der Waals surface area contributed by atoms with Crippen LogP contribution in [-0.2, 0) is 14.3 Å². The monoisotopic (exact) mass is 199 g/mol. The zero-order valence-corrected chi connectivity index (χ0v) is 8.92. The summed E-state index contributed by atoms with van der Waals surface area (Å²) in [5.74, 6) is -0.620. The van der Waals surface area contributed by atoms with Crippen LogP contribution in [0.15, 0.2) is 24.2 Å². The number of carbonyl (C=O) groups excluding carboxylic acids is 1. The minimum Gasteiger partial charge on any atom is -0.876 e. The van der Waals surface area contributed by atoms with Gasteiger partial charge in [0, 0.05) is 13.8 Å². The van der Waals surface area contributed by atoms with Gasteiger partial charge in [0.15, 0.2) is 0 Å². The first-order valence-electron chi connectivity index (χ1n) is 4.16. The molecule has 0 aromatic rings. The van der Waals surface area contributed by atoms with Gasteiger partial charge in [0.2, 0.25) is 5.79 Å². The van der Waals surface area contributed by atoms with Gasteiger partial charge in [-0.15, -0.1) is 12.3 Å². The molecule has 4 heteroatoms. The molecule has 0 aromatic heterocycles. The van der Waals surface area contributed by atoms with E-state index in [2.05, 4.69) is 6.58 Å². The van der Waals surface area contributed by atoms with Gasteiger partial charge in [-0.2, -0.15) is 0 Å². The minimum absolute atomic E-state index is 0.0833. The van der Waals surface area contributed by atoms with E-state index in [1.807, 2.05) is 0 Å². The quantitative estimate of drug-likeness (QED) is 0.432. The minimum atomic E-state index is -0.796. The molecule has 0 aromatic carbocycles. The van der Waals surface area contributed by atoms with E-state index >= 15 is 0 Å². The van der Waals surface area contributed by atoms with Crippen molar-refractivity contribution in [3.8, 4) is 0 Å². The van der Waals surface area contributed by atoms with Crippen molar-refractivity contribution in [2.45, 2.75) is 33.5 Å². The van der Waals surface area contributed by atoms with Crippen LogP contribution in [0.25, 0.3) is 0 Å². The third kappa shape index (κ3) is 6.11. The second-order valence-corrected chi connectivity index (χ2v) is 3.38. The number of hydrogen-bond acceptors (Lipinski definition) is 4. The second-order valence-electron chi connectivity index (χ2n) is 3.38. The van der Waals surface area contributed by atoms with Gasteiger partial charge in [-0.3, -0.25) is 0 Å². The Morgan fingerprint density at radius 1 is 1.50 bits per heavy atom. The Labute approximate surface area is 83.8 Å². The zero-order chi connectivity index (χ0) is 11.4. The largest absolute Gasteiger partial charge is 0.876 e. The Bertz CT molecular complexity index is 259. The highest BCUT2D eigenvalue weighted by Gasteiger charge is 2.27. The van der Waals surface area contributed by atoms with Gasteiger partial charge in [-0.05, 0) is 6.92 Å². The third-order valence-electron chi connectivity index (χ3n) is 1.07. The van der Waals surface area contributed by atoms with Gasteiger partial charge in [0.05, 0.1) is 6.08 Å². The zero-order valence-electron chi connectivity index (χ0n) is 8.92. The number of rotatable bonds is 0. The molecule has 0 saturated heterocycles. The van der Waals surface area contributed by atoms with Crippen LogP contribution in [0.4, 0.5) is 0 Å². The maximum absolute atomic E-state index is 10.7. The lowest BCUT2D eigenvalue weighted by Gasteiger charge is -2.29. The molecule has 0 atom stereocenters. The first-order valence-corrected chi connectivity index (χ1v) is 4.16. The number of ether oxygens (including phenoxy) is 2. The van der Waals surface area contributed by atoms with Crippen LogP contribution in [0, 0.1) is 0 Å². The van der Waals surface area contributed by atoms with Crippen LogP contribution in [-0.4, -0.2) is 11.8 Å². The van der Waals surface area contributed by atoms with Crippen molar-refractivity contribution in [2.24, 2.45) is 0 Å². The molecule has 1 aliphatic rings. The number of carbonyl (C=O) groups is 1. The highest BCUT2D eigenvalue weighted by molar-refractivity contribution is 5.83. The SMILES string of the molecule is C=C(C)[O-].CC1=CC(=O)OC(C)(C)O1. The molecule has 0 N–H and O–H groups in total. The molecule has 0 spiro atoms. The summed E-state index contributed by atoms with van der Waals surface area (Å²) in [6.07, 6.45) is 1.32. The molecule has 0 radical (unpaired) electrons. The van der Waals surface area contributed by atoms with Crippen LogP contribution in [0.3, 0.4) is 0 Å². The van der Waals surface area contributed by atoms with Crippen molar-refractivity contribution in [2.75, 3.05) is 0 Å². The summed E-state index contributed by atoms with van der Waals surface area (Å²) in [5, 5.41) is 9.33. The molecule has 0 bridgehead atoms. The Morgan fingerprint density at radius 3 is 2.21 bits per heavy atom. The van der Waals surface area contributed by atoms with Crippen molar-refractivity contribution >= 4 is 5.97 Å².